The Morgan fingerprint density at radius 2 is 1.03 bits per heavy atom. The van der Waals surface area contributed by atoms with Gasteiger partial charge in [0.2, 0.25) is 0 Å². The molecule has 0 amide bonds. The molecule has 0 spiro atoms. The number of hydrogen-bond acceptors (Lipinski definition) is 2. The summed E-state index contributed by atoms with van der Waals surface area (Å²) in [6, 6.07) is -0.100. The molecule has 0 fully saturated rings. The van der Waals surface area contributed by atoms with E-state index in [0.29, 0.717) is 0 Å². The van der Waals surface area contributed by atoms with Gasteiger partial charge in [0.05, 0.1) is 36.7 Å². The molecule has 0 rings (SSSR count). The van der Waals surface area contributed by atoms with Crippen molar-refractivity contribution in [3.8, 4) is 0 Å². The van der Waals surface area contributed by atoms with Gasteiger partial charge >= 0.3 is 0 Å². The number of sulfonamides is 1. The third-order valence-corrected chi connectivity index (χ3v) is 8.70. The van der Waals surface area contributed by atoms with Crippen LogP contribution < -0.4 is 0 Å². The molecule has 0 aliphatic carbocycles. The maximum absolute atomic E-state index is 12.3. The maximum Gasteiger partial charge on any atom is 0.0770 e. The summed E-state index contributed by atoms with van der Waals surface area (Å²) in [6.07, 6.45) is 21.7. The molecule has 1 atom stereocenters. The van der Waals surface area contributed by atoms with Crippen LogP contribution >= 0.6 is 24.0 Å². The number of unbranched alkanes of at least 4 members (excludes halogenated alkanes) is 15. The summed E-state index contributed by atoms with van der Waals surface area (Å²) in [5.41, 5.74) is 0. The van der Waals surface area contributed by atoms with Crippen molar-refractivity contribution >= 4 is 34.0 Å². The Hall–Kier alpha value is 0.600. The van der Waals surface area contributed by atoms with Crippen LogP contribution in [0.4, 0.5) is 0 Å². The molecule has 0 aromatic carbocycles. The largest absolute Gasteiger partial charge is 0.546 e. The van der Waals surface area contributed by atoms with E-state index in [-0.39, 0.29) is 35.8 Å². The van der Waals surface area contributed by atoms with E-state index < -0.39 is 10.0 Å². The van der Waals surface area contributed by atoms with Gasteiger partial charge < -0.3 is 9.21 Å². The van der Waals surface area contributed by atoms with Gasteiger partial charge in [0.25, 0.3) is 0 Å². The zero-order valence-electron chi connectivity index (χ0n) is 23.0. The standard InChI is InChI=1S/C27H58N2O2S.HI/c1-6-9-10-11-12-13-14-15-16-17-18-19-20-21-22-23-26-32(30,31)28-27(4)24-25-29(5,7-2)8-3;/h27H,6-26H2,1-5H3;1H. The van der Waals surface area contributed by atoms with Gasteiger partial charge in [0.15, 0.2) is 0 Å². The topological polar surface area (TPSA) is 48.2 Å². The Morgan fingerprint density at radius 1 is 0.667 bits per heavy atom. The van der Waals surface area contributed by atoms with Crippen LogP contribution in [-0.2, 0) is 10.0 Å². The Bertz CT molecular complexity index is 510. The molecule has 0 aliphatic heterocycles. The maximum atomic E-state index is 12.3. The van der Waals surface area contributed by atoms with Crippen LogP contribution in [0.2, 0.25) is 0 Å². The predicted molar refractivity (Wildman–Crippen MR) is 158 cm³/mol. The van der Waals surface area contributed by atoms with Crippen LogP contribution in [0.15, 0.2) is 0 Å². The lowest BCUT2D eigenvalue weighted by atomic mass is 10.0. The van der Waals surface area contributed by atoms with Crippen molar-refractivity contribution in [2.45, 2.75) is 143 Å². The van der Waals surface area contributed by atoms with E-state index in [1.165, 1.54) is 83.5 Å². The molecule has 1 unspecified atom stereocenters. The number of halogens is 1. The number of hydrogen-bond donors (Lipinski definition) is 0. The molecule has 0 saturated heterocycles. The fourth-order valence-corrected chi connectivity index (χ4v) is 5.58. The number of rotatable bonds is 24. The first-order valence-corrected chi connectivity index (χ1v) is 15.7. The van der Waals surface area contributed by atoms with E-state index in [2.05, 4.69) is 32.5 Å². The van der Waals surface area contributed by atoms with E-state index in [0.717, 1.165) is 49.8 Å². The highest BCUT2D eigenvalue weighted by Crippen LogP contribution is 2.17. The van der Waals surface area contributed by atoms with Crippen molar-refractivity contribution in [1.29, 1.82) is 0 Å². The zero-order valence-corrected chi connectivity index (χ0v) is 26.1. The first-order valence-electron chi connectivity index (χ1n) is 14.1. The molecule has 0 aromatic rings. The molecular weight excluding hydrogens is 543 g/mol. The highest BCUT2D eigenvalue weighted by molar-refractivity contribution is 14.0. The molecule has 0 bridgehead atoms. The van der Waals surface area contributed by atoms with Crippen LogP contribution in [0.5, 0.6) is 0 Å². The predicted octanol–water partition coefficient (Wildman–Crippen LogP) is 8.83. The van der Waals surface area contributed by atoms with Crippen molar-refractivity contribution in [3.63, 3.8) is 0 Å². The zero-order chi connectivity index (χ0) is 24.1. The summed E-state index contributed by atoms with van der Waals surface area (Å²) in [5.74, 6) is 0.226. The molecule has 0 N–H and O–H groups in total. The first-order chi connectivity index (χ1) is 15.3. The summed E-state index contributed by atoms with van der Waals surface area (Å²) < 4.78 is 29.7. The van der Waals surface area contributed by atoms with Crippen LogP contribution in [0, 0.1) is 0 Å². The fourth-order valence-electron chi connectivity index (χ4n) is 4.25. The van der Waals surface area contributed by atoms with Crippen molar-refractivity contribution in [3.05, 3.63) is 4.72 Å². The Balaban J connectivity index is 0. The molecule has 0 radical (unpaired) electrons. The molecule has 202 valence electrons. The van der Waals surface area contributed by atoms with Crippen molar-refractivity contribution in [2.24, 2.45) is 0 Å². The quantitative estimate of drug-likeness (QED) is 0.0630. The average molecular weight is 603 g/mol. The number of nitrogens with zero attached hydrogens (tertiary/aromatic N) is 2. The van der Waals surface area contributed by atoms with Gasteiger partial charge in [-0.2, -0.15) is 0 Å². The first kappa shape index (κ1) is 35.8. The highest BCUT2D eigenvalue weighted by atomic mass is 127. The van der Waals surface area contributed by atoms with Gasteiger partial charge in [0.1, 0.15) is 0 Å². The summed E-state index contributed by atoms with van der Waals surface area (Å²) in [5, 5.41) is 0. The molecule has 0 saturated carbocycles. The van der Waals surface area contributed by atoms with Gasteiger partial charge in [-0.15, -0.1) is 30.0 Å². The van der Waals surface area contributed by atoms with Crippen LogP contribution in [0.3, 0.4) is 0 Å². The summed E-state index contributed by atoms with van der Waals surface area (Å²) in [4.78, 5) is 0. The van der Waals surface area contributed by atoms with Crippen LogP contribution in [0.25, 0.3) is 4.72 Å². The molecule has 6 heteroatoms. The van der Waals surface area contributed by atoms with E-state index in [9.17, 15) is 8.42 Å². The Labute approximate surface area is 226 Å². The lowest BCUT2D eigenvalue weighted by Gasteiger charge is -2.36. The monoisotopic (exact) mass is 602 g/mol. The van der Waals surface area contributed by atoms with Gasteiger partial charge in [0, 0.05) is 5.75 Å². The lowest BCUT2D eigenvalue weighted by Crippen LogP contribution is -2.45. The third kappa shape index (κ3) is 22.8. The van der Waals surface area contributed by atoms with Gasteiger partial charge in [-0.1, -0.05) is 110 Å². The second-order valence-electron chi connectivity index (χ2n) is 10.3. The van der Waals surface area contributed by atoms with Gasteiger partial charge in [-0.3, -0.25) is 0 Å². The molecular formula is C27H59IN2O2S. The summed E-state index contributed by atoms with van der Waals surface area (Å²) in [7, 11) is -1.03. The smallest absolute Gasteiger partial charge is 0.0770 e. The van der Waals surface area contributed by atoms with E-state index >= 15 is 0 Å². The normalized spacial score (nSPS) is 13.1. The van der Waals surface area contributed by atoms with E-state index in [1.54, 1.807) is 0 Å². The van der Waals surface area contributed by atoms with Crippen molar-refractivity contribution in [1.82, 2.24) is 0 Å². The molecule has 33 heavy (non-hydrogen) atoms. The van der Waals surface area contributed by atoms with Crippen molar-refractivity contribution in [2.75, 3.05) is 32.4 Å². The lowest BCUT2D eigenvalue weighted by molar-refractivity contribution is -0.906. The second-order valence-corrected chi connectivity index (χ2v) is 12.1. The fraction of sp³-hybridized carbons (Fsp3) is 1.00. The Morgan fingerprint density at radius 3 is 1.39 bits per heavy atom. The highest BCUT2D eigenvalue weighted by Gasteiger charge is 2.16. The summed E-state index contributed by atoms with van der Waals surface area (Å²) >= 11 is 0. The van der Waals surface area contributed by atoms with E-state index in [4.69, 9.17) is 0 Å². The average Bonchev–Trinajstić information content (AvgIpc) is 2.76. The minimum atomic E-state index is -3.26. The van der Waals surface area contributed by atoms with Gasteiger partial charge in [-0.25, -0.2) is 8.42 Å². The second kappa shape index (κ2) is 23.0. The van der Waals surface area contributed by atoms with E-state index in [1.807, 2.05) is 6.92 Å². The molecule has 0 aromatic heterocycles. The number of quaternary nitrogens is 1. The molecule has 0 heterocycles. The summed E-state index contributed by atoms with van der Waals surface area (Å²) in [6.45, 7) is 11.8. The van der Waals surface area contributed by atoms with Crippen LogP contribution in [0.1, 0.15) is 137 Å². The minimum absolute atomic E-state index is 0. The minimum Gasteiger partial charge on any atom is -0.546 e. The van der Waals surface area contributed by atoms with Gasteiger partial charge in [-0.05, 0) is 26.7 Å². The van der Waals surface area contributed by atoms with Crippen molar-refractivity contribution < 1.29 is 12.9 Å². The Kier molecular flexibility index (Phi) is 25.0. The molecule has 0 aliphatic rings. The van der Waals surface area contributed by atoms with Crippen LogP contribution in [-0.4, -0.2) is 51.4 Å². The molecule has 4 nitrogen and oxygen atoms in total. The SMILES string of the molecule is CCCCCCCCCCCCCCCCCCS(=O)(=O)[N-]C(C)CC[N+](C)(CC)CC.I. The third-order valence-electron chi connectivity index (χ3n) is 7.21.